The molecule has 2 fully saturated rings. The average Bonchev–Trinajstić information content (AvgIpc) is 2.77. The number of ether oxygens (including phenoxy) is 2. The highest BCUT2D eigenvalue weighted by Gasteiger charge is 2.43. The number of carbonyl (C=O) groups excluding carboxylic acids is 2. The maximum absolute atomic E-state index is 15.0. The fourth-order valence-electron chi connectivity index (χ4n) is 4.46. The highest BCUT2D eigenvalue weighted by atomic mass is 19.3. The minimum absolute atomic E-state index is 0.132. The van der Waals surface area contributed by atoms with E-state index in [4.69, 9.17) is 9.47 Å². The van der Waals surface area contributed by atoms with E-state index >= 15 is 8.78 Å². The highest BCUT2D eigenvalue weighted by Crippen LogP contribution is 2.37. The van der Waals surface area contributed by atoms with Gasteiger partial charge < -0.3 is 19.7 Å². The van der Waals surface area contributed by atoms with Crippen molar-refractivity contribution >= 4 is 12.2 Å². The first-order valence-corrected chi connectivity index (χ1v) is 12.1. The lowest BCUT2D eigenvalue weighted by atomic mass is 9.82. The standard InChI is InChI=1S/C25H37F2N3O4/c1-24(2,3)34-22(31)28-21-11-9-20(10-12-21)25(26,27)18-29-13-15-30(16-14-29)23(32)33-17-19-7-5-4-6-8-19/h4-8,20-21H,9-18H2,1-3H3,(H,28,31). The average molecular weight is 482 g/mol. The molecule has 1 saturated heterocycles. The second-order valence-electron chi connectivity index (χ2n) is 10.3. The van der Waals surface area contributed by atoms with Gasteiger partial charge in [-0.25, -0.2) is 18.4 Å². The molecule has 7 nitrogen and oxygen atoms in total. The fraction of sp³-hybridized carbons (Fsp3) is 0.680. The summed E-state index contributed by atoms with van der Waals surface area (Å²) in [6.45, 7) is 6.79. The first-order valence-electron chi connectivity index (χ1n) is 12.1. The van der Waals surface area contributed by atoms with Crippen molar-refractivity contribution in [3.63, 3.8) is 0 Å². The van der Waals surface area contributed by atoms with Gasteiger partial charge in [0.25, 0.3) is 5.92 Å². The Morgan fingerprint density at radius 2 is 1.62 bits per heavy atom. The topological polar surface area (TPSA) is 71.1 Å². The molecule has 0 radical (unpaired) electrons. The maximum atomic E-state index is 15.0. The van der Waals surface area contributed by atoms with Gasteiger partial charge in [0, 0.05) is 38.1 Å². The van der Waals surface area contributed by atoms with Crippen LogP contribution in [0.1, 0.15) is 52.0 Å². The zero-order chi connectivity index (χ0) is 24.8. The van der Waals surface area contributed by atoms with Crippen molar-refractivity contribution in [3.05, 3.63) is 35.9 Å². The summed E-state index contributed by atoms with van der Waals surface area (Å²) in [5.41, 5.74) is 0.321. The van der Waals surface area contributed by atoms with Gasteiger partial charge in [-0.15, -0.1) is 0 Å². The fourth-order valence-corrected chi connectivity index (χ4v) is 4.46. The number of hydrogen-bond acceptors (Lipinski definition) is 5. The molecule has 0 aromatic heterocycles. The van der Waals surface area contributed by atoms with Gasteiger partial charge in [-0.3, -0.25) is 4.90 Å². The third-order valence-electron chi connectivity index (χ3n) is 6.32. The lowest BCUT2D eigenvalue weighted by molar-refractivity contribution is -0.0985. The quantitative estimate of drug-likeness (QED) is 0.640. The van der Waals surface area contributed by atoms with Crippen LogP contribution in [0, 0.1) is 5.92 Å². The minimum Gasteiger partial charge on any atom is -0.445 e. The summed E-state index contributed by atoms with van der Waals surface area (Å²) in [4.78, 5) is 27.5. The summed E-state index contributed by atoms with van der Waals surface area (Å²) in [6.07, 6.45) is 0.841. The zero-order valence-electron chi connectivity index (χ0n) is 20.4. The number of piperazine rings is 1. The van der Waals surface area contributed by atoms with Crippen LogP contribution in [0.25, 0.3) is 0 Å². The molecule has 1 aliphatic heterocycles. The Labute approximate surface area is 200 Å². The molecule has 0 spiro atoms. The van der Waals surface area contributed by atoms with E-state index in [-0.39, 0.29) is 19.2 Å². The Bertz CT molecular complexity index is 800. The number of amides is 2. The second kappa shape index (κ2) is 11.3. The van der Waals surface area contributed by atoms with Crippen molar-refractivity contribution in [1.82, 2.24) is 15.1 Å². The molecule has 1 heterocycles. The van der Waals surface area contributed by atoms with Crippen LogP contribution in [0.15, 0.2) is 30.3 Å². The van der Waals surface area contributed by atoms with Crippen molar-refractivity contribution in [2.75, 3.05) is 32.7 Å². The predicted octanol–water partition coefficient (Wildman–Crippen LogP) is 4.66. The number of nitrogens with one attached hydrogen (secondary N) is 1. The summed E-state index contributed by atoms with van der Waals surface area (Å²) < 4.78 is 40.6. The van der Waals surface area contributed by atoms with E-state index < -0.39 is 29.6 Å². The molecule has 1 saturated carbocycles. The SMILES string of the molecule is CC(C)(C)OC(=O)NC1CCC(C(F)(F)CN2CCN(C(=O)OCc3ccccc3)CC2)CC1. The molecule has 1 aliphatic carbocycles. The van der Waals surface area contributed by atoms with Gasteiger partial charge in [-0.05, 0) is 52.0 Å². The van der Waals surface area contributed by atoms with Gasteiger partial charge in [0.1, 0.15) is 12.2 Å². The maximum Gasteiger partial charge on any atom is 0.410 e. The first-order chi connectivity index (χ1) is 16.0. The summed E-state index contributed by atoms with van der Waals surface area (Å²) in [7, 11) is 0. The molecule has 0 atom stereocenters. The molecular weight excluding hydrogens is 444 g/mol. The minimum atomic E-state index is -2.81. The molecule has 9 heteroatoms. The summed E-state index contributed by atoms with van der Waals surface area (Å²) in [5.74, 6) is -3.52. The number of halogens is 2. The second-order valence-corrected chi connectivity index (χ2v) is 10.3. The molecular formula is C25H37F2N3O4. The summed E-state index contributed by atoms with van der Waals surface area (Å²) in [6, 6.07) is 9.29. The lowest BCUT2D eigenvalue weighted by Gasteiger charge is -2.39. The molecule has 2 aliphatic rings. The van der Waals surface area contributed by atoms with Crippen molar-refractivity contribution in [1.29, 1.82) is 0 Å². The largest absolute Gasteiger partial charge is 0.445 e. The van der Waals surface area contributed by atoms with Crippen molar-refractivity contribution < 1.29 is 27.8 Å². The number of alkyl halides is 2. The molecule has 0 bridgehead atoms. The smallest absolute Gasteiger partial charge is 0.410 e. The van der Waals surface area contributed by atoms with Gasteiger partial charge in [-0.1, -0.05) is 30.3 Å². The van der Waals surface area contributed by atoms with Gasteiger partial charge in [0.15, 0.2) is 0 Å². The molecule has 0 unspecified atom stereocenters. The van der Waals surface area contributed by atoms with Gasteiger partial charge in [-0.2, -0.15) is 0 Å². The lowest BCUT2D eigenvalue weighted by Crippen LogP contribution is -2.53. The van der Waals surface area contributed by atoms with E-state index in [2.05, 4.69) is 5.32 Å². The van der Waals surface area contributed by atoms with E-state index in [1.165, 1.54) is 0 Å². The van der Waals surface area contributed by atoms with Crippen molar-refractivity contribution in [2.45, 2.75) is 70.6 Å². The number of benzene rings is 1. The van der Waals surface area contributed by atoms with Crippen LogP contribution in [-0.4, -0.2) is 72.3 Å². The number of nitrogens with zero attached hydrogens (tertiary/aromatic N) is 2. The Morgan fingerprint density at radius 1 is 1.00 bits per heavy atom. The van der Waals surface area contributed by atoms with Crippen LogP contribution in [0.5, 0.6) is 0 Å². The van der Waals surface area contributed by atoms with E-state index in [9.17, 15) is 9.59 Å². The van der Waals surface area contributed by atoms with E-state index in [0.717, 1.165) is 5.56 Å². The van der Waals surface area contributed by atoms with E-state index in [0.29, 0.717) is 51.9 Å². The van der Waals surface area contributed by atoms with E-state index in [1.54, 1.807) is 30.6 Å². The number of hydrogen-bond donors (Lipinski definition) is 1. The third-order valence-corrected chi connectivity index (χ3v) is 6.32. The summed E-state index contributed by atoms with van der Waals surface area (Å²) >= 11 is 0. The highest BCUT2D eigenvalue weighted by molar-refractivity contribution is 5.68. The van der Waals surface area contributed by atoms with Crippen molar-refractivity contribution in [3.8, 4) is 0 Å². The zero-order valence-corrected chi connectivity index (χ0v) is 20.4. The Hall–Kier alpha value is -2.42. The van der Waals surface area contributed by atoms with Crippen LogP contribution in [-0.2, 0) is 16.1 Å². The number of carbonyl (C=O) groups is 2. The Kier molecular flexibility index (Phi) is 8.73. The van der Waals surface area contributed by atoms with Crippen LogP contribution in [0.3, 0.4) is 0 Å². The normalized spacial score (nSPS) is 22.2. The number of alkyl carbamates (subject to hydrolysis) is 1. The molecule has 1 N–H and O–H groups in total. The Morgan fingerprint density at radius 3 is 2.21 bits per heavy atom. The van der Waals surface area contributed by atoms with Crippen LogP contribution < -0.4 is 5.32 Å². The molecule has 1 aromatic rings. The van der Waals surface area contributed by atoms with Gasteiger partial charge >= 0.3 is 12.2 Å². The number of rotatable bonds is 6. The molecule has 34 heavy (non-hydrogen) atoms. The Balaban J connectivity index is 1.37. The van der Waals surface area contributed by atoms with E-state index in [1.807, 2.05) is 30.3 Å². The molecule has 190 valence electrons. The molecule has 1 aromatic carbocycles. The third kappa shape index (κ3) is 8.11. The summed E-state index contributed by atoms with van der Waals surface area (Å²) in [5, 5.41) is 2.80. The predicted molar refractivity (Wildman–Crippen MR) is 125 cm³/mol. The van der Waals surface area contributed by atoms with Crippen LogP contribution in [0.4, 0.5) is 18.4 Å². The van der Waals surface area contributed by atoms with Crippen LogP contribution >= 0.6 is 0 Å². The van der Waals surface area contributed by atoms with Gasteiger partial charge in [0.2, 0.25) is 0 Å². The van der Waals surface area contributed by atoms with Crippen LogP contribution in [0.2, 0.25) is 0 Å². The molecule has 3 rings (SSSR count). The molecule has 2 amide bonds. The van der Waals surface area contributed by atoms with Crippen molar-refractivity contribution in [2.24, 2.45) is 5.92 Å². The first kappa shape index (κ1) is 26.2. The van der Waals surface area contributed by atoms with Gasteiger partial charge in [0.05, 0.1) is 6.54 Å². The monoisotopic (exact) mass is 481 g/mol.